The average Bonchev–Trinajstić information content (AvgIpc) is 2.73. The van der Waals surface area contributed by atoms with Gasteiger partial charge in [-0.25, -0.2) is 0 Å². The number of anilines is 2. The van der Waals surface area contributed by atoms with E-state index in [1.165, 1.54) is 11.6 Å². The molecule has 3 rings (SSSR count). The molecule has 0 bridgehead atoms. The first-order valence-corrected chi connectivity index (χ1v) is 9.94. The summed E-state index contributed by atoms with van der Waals surface area (Å²) in [4.78, 5) is 25.8. The van der Waals surface area contributed by atoms with Crippen LogP contribution in [0.25, 0.3) is 0 Å². The molecule has 6 nitrogen and oxygen atoms in total. The molecule has 6 heteroatoms. The first-order valence-electron chi connectivity index (χ1n) is 9.94. The lowest BCUT2D eigenvalue weighted by Crippen LogP contribution is -2.30. The molecule has 1 aliphatic rings. The third kappa shape index (κ3) is 4.50. The van der Waals surface area contributed by atoms with E-state index in [4.69, 9.17) is 0 Å². The monoisotopic (exact) mass is 381 g/mol. The number of nitro groups is 1. The van der Waals surface area contributed by atoms with E-state index in [0.29, 0.717) is 22.9 Å². The molecule has 28 heavy (non-hydrogen) atoms. The topological polar surface area (TPSA) is 75.5 Å². The molecule has 1 atom stereocenters. The van der Waals surface area contributed by atoms with Gasteiger partial charge < -0.3 is 10.2 Å². The zero-order valence-electron chi connectivity index (χ0n) is 16.5. The molecule has 1 saturated heterocycles. The summed E-state index contributed by atoms with van der Waals surface area (Å²) < 4.78 is 0. The smallest absolute Gasteiger partial charge is 0.293 e. The quantitative estimate of drug-likeness (QED) is 0.540. The fourth-order valence-corrected chi connectivity index (χ4v) is 3.55. The van der Waals surface area contributed by atoms with Crippen LogP contribution in [0.1, 0.15) is 61.4 Å². The Morgan fingerprint density at radius 1 is 1.14 bits per heavy atom. The summed E-state index contributed by atoms with van der Waals surface area (Å²) in [6.45, 7) is 5.93. The number of nitrogens with zero attached hydrogens (tertiary/aromatic N) is 2. The Balaban J connectivity index is 1.78. The number of nitro benzene ring substituents is 1. The Labute approximate surface area is 165 Å². The molecule has 1 fully saturated rings. The molecule has 0 saturated carbocycles. The van der Waals surface area contributed by atoms with E-state index in [2.05, 4.69) is 19.2 Å². The number of hydrogen-bond donors (Lipinski definition) is 1. The van der Waals surface area contributed by atoms with Crippen LogP contribution in [0.3, 0.4) is 0 Å². The van der Waals surface area contributed by atoms with Crippen molar-refractivity contribution in [3.05, 3.63) is 63.7 Å². The lowest BCUT2D eigenvalue weighted by atomic mass is 9.98. The minimum Gasteiger partial charge on any atom is -0.366 e. The first kappa shape index (κ1) is 19.9. The van der Waals surface area contributed by atoms with E-state index in [0.717, 1.165) is 38.8 Å². The predicted octanol–water partition coefficient (Wildman–Crippen LogP) is 5.35. The second-order valence-electron chi connectivity index (χ2n) is 7.39. The van der Waals surface area contributed by atoms with Gasteiger partial charge in [0.15, 0.2) is 0 Å². The number of carbonyl (C=O) groups excluding carboxylic acids is 1. The highest BCUT2D eigenvalue weighted by Crippen LogP contribution is 2.31. The third-order valence-corrected chi connectivity index (χ3v) is 5.48. The fraction of sp³-hybridized carbons (Fsp3) is 0.409. The molecule has 148 valence electrons. The van der Waals surface area contributed by atoms with Crippen LogP contribution in [0.4, 0.5) is 17.1 Å². The van der Waals surface area contributed by atoms with Gasteiger partial charge >= 0.3 is 0 Å². The Kier molecular flexibility index (Phi) is 6.29. The molecule has 2 aromatic rings. The Hall–Kier alpha value is -2.89. The van der Waals surface area contributed by atoms with Crippen LogP contribution in [0.15, 0.2) is 42.5 Å². The van der Waals surface area contributed by atoms with Crippen molar-refractivity contribution in [3.63, 3.8) is 0 Å². The third-order valence-electron chi connectivity index (χ3n) is 5.48. The van der Waals surface area contributed by atoms with Gasteiger partial charge in [-0.05, 0) is 61.4 Å². The van der Waals surface area contributed by atoms with Gasteiger partial charge in [-0.15, -0.1) is 0 Å². The van der Waals surface area contributed by atoms with Gasteiger partial charge in [-0.2, -0.15) is 0 Å². The van der Waals surface area contributed by atoms with Crippen molar-refractivity contribution in [2.24, 2.45) is 0 Å². The minimum atomic E-state index is -0.401. The maximum Gasteiger partial charge on any atom is 0.293 e. The Bertz CT molecular complexity index is 843. The van der Waals surface area contributed by atoms with E-state index < -0.39 is 4.92 Å². The number of piperidine rings is 1. The zero-order chi connectivity index (χ0) is 20.1. The van der Waals surface area contributed by atoms with Crippen LogP contribution in [0, 0.1) is 10.1 Å². The van der Waals surface area contributed by atoms with E-state index in [-0.39, 0.29) is 11.6 Å². The number of benzene rings is 2. The van der Waals surface area contributed by atoms with Gasteiger partial charge in [0.05, 0.1) is 4.92 Å². The highest BCUT2D eigenvalue weighted by atomic mass is 16.6. The van der Waals surface area contributed by atoms with E-state index >= 15 is 0 Å². The predicted molar refractivity (Wildman–Crippen MR) is 112 cm³/mol. The van der Waals surface area contributed by atoms with Crippen LogP contribution < -0.4 is 10.2 Å². The van der Waals surface area contributed by atoms with Crippen LogP contribution in [0.5, 0.6) is 0 Å². The Morgan fingerprint density at radius 2 is 1.82 bits per heavy atom. The van der Waals surface area contributed by atoms with Crippen LogP contribution in [-0.2, 0) is 0 Å². The maximum absolute atomic E-state index is 12.6. The summed E-state index contributed by atoms with van der Waals surface area (Å²) in [7, 11) is 0. The summed E-state index contributed by atoms with van der Waals surface area (Å²) in [6.07, 6.45) is 4.28. The molecule has 1 amide bonds. The van der Waals surface area contributed by atoms with Gasteiger partial charge in [0, 0.05) is 30.4 Å². The van der Waals surface area contributed by atoms with E-state index in [1.54, 1.807) is 12.1 Å². The standard InChI is InChI=1S/C22H27N3O3/c1-3-16(2)17-7-10-19(11-8-17)23-22(26)18-9-12-20(21(15-18)25(27)28)24-13-5-4-6-14-24/h7-12,15-16H,3-6,13-14H2,1-2H3,(H,23,26). The van der Waals surface area contributed by atoms with Crippen molar-refractivity contribution in [2.75, 3.05) is 23.3 Å². The summed E-state index contributed by atoms with van der Waals surface area (Å²) in [5.41, 5.74) is 2.78. The van der Waals surface area contributed by atoms with Crippen molar-refractivity contribution >= 4 is 23.0 Å². The van der Waals surface area contributed by atoms with Gasteiger partial charge in [0.1, 0.15) is 5.69 Å². The van der Waals surface area contributed by atoms with Gasteiger partial charge in [-0.3, -0.25) is 14.9 Å². The molecule has 0 aromatic heterocycles. The van der Waals surface area contributed by atoms with Crippen molar-refractivity contribution in [3.8, 4) is 0 Å². The number of rotatable bonds is 6. The molecule has 1 N–H and O–H groups in total. The molecule has 0 radical (unpaired) electrons. The fourth-order valence-electron chi connectivity index (χ4n) is 3.55. The first-order chi connectivity index (χ1) is 13.5. The summed E-state index contributed by atoms with van der Waals surface area (Å²) in [5, 5.41) is 14.4. The summed E-state index contributed by atoms with van der Waals surface area (Å²) in [5.74, 6) is 0.124. The summed E-state index contributed by atoms with van der Waals surface area (Å²) >= 11 is 0. The van der Waals surface area contributed by atoms with Crippen LogP contribution >= 0.6 is 0 Å². The van der Waals surface area contributed by atoms with Gasteiger partial charge in [0.25, 0.3) is 11.6 Å². The molecule has 0 spiro atoms. The van der Waals surface area contributed by atoms with Gasteiger partial charge in [-0.1, -0.05) is 26.0 Å². The maximum atomic E-state index is 12.6. The molecule has 1 heterocycles. The lowest BCUT2D eigenvalue weighted by molar-refractivity contribution is -0.384. The van der Waals surface area contributed by atoms with Crippen LogP contribution in [0.2, 0.25) is 0 Å². The normalized spacial score (nSPS) is 15.1. The zero-order valence-corrected chi connectivity index (χ0v) is 16.5. The van der Waals surface area contributed by atoms with E-state index in [9.17, 15) is 14.9 Å². The van der Waals surface area contributed by atoms with Crippen LogP contribution in [-0.4, -0.2) is 23.9 Å². The molecule has 1 aliphatic heterocycles. The van der Waals surface area contributed by atoms with Crippen molar-refractivity contribution in [2.45, 2.75) is 45.4 Å². The van der Waals surface area contributed by atoms with Gasteiger partial charge in [0.2, 0.25) is 0 Å². The number of carbonyl (C=O) groups is 1. The highest BCUT2D eigenvalue weighted by Gasteiger charge is 2.23. The molecular formula is C22H27N3O3. The molecular weight excluding hydrogens is 354 g/mol. The number of hydrogen-bond acceptors (Lipinski definition) is 4. The average molecular weight is 381 g/mol. The van der Waals surface area contributed by atoms with Crippen molar-refractivity contribution in [1.29, 1.82) is 0 Å². The second kappa shape index (κ2) is 8.87. The van der Waals surface area contributed by atoms with E-state index in [1.807, 2.05) is 29.2 Å². The number of nitrogens with one attached hydrogen (secondary N) is 1. The second-order valence-corrected chi connectivity index (χ2v) is 7.39. The largest absolute Gasteiger partial charge is 0.366 e. The summed E-state index contributed by atoms with van der Waals surface area (Å²) in [6, 6.07) is 12.5. The Morgan fingerprint density at radius 3 is 2.43 bits per heavy atom. The number of amides is 1. The van der Waals surface area contributed by atoms with Crippen molar-refractivity contribution in [1.82, 2.24) is 0 Å². The molecule has 1 unspecified atom stereocenters. The lowest BCUT2D eigenvalue weighted by Gasteiger charge is -2.28. The molecule has 2 aromatic carbocycles. The minimum absolute atomic E-state index is 0.0123. The van der Waals surface area contributed by atoms with Crippen molar-refractivity contribution < 1.29 is 9.72 Å². The highest BCUT2D eigenvalue weighted by molar-refractivity contribution is 6.05. The molecule has 0 aliphatic carbocycles. The SMILES string of the molecule is CCC(C)c1ccc(NC(=O)c2ccc(N3CCCCC3)c([N+](=O)[O-])c2)cc1.